The van der Waals surface area contributed by atoms with Crippen molar-refractivity contribution in [2.45, 2.75) is 26.3 Å². The molecule has 0 saturated heterocycles. The van der Waals surface area contributed by atoms with Crippen LogP contribution >= 0.6 is 0 Å². The third kappa shape index (κ3) is 4.82. The molecule has 2 aromatic carbocycles. The molecule has 2 aromatic rings. The predicted molar refractivity (Wildman–Crippen MR) is 105 cm³/mol. The number of rotatable bonds is 6. The lowest BCUT2D eigenvalue weighted by molar-refractivity contribution is -0.133. The van der Waals surface area contributed by atoms with Gasteiger partial charge in [-0.2, -0.15) is 0 Å². The zero-order chi connectivity index (χ0) is 20.1. The minimum atomic E-state index is -0.503. The van der Waals surface area contributed by atoms with Crippen molar-refractivity contribution in [3.63, 3.8) is 0 Å². The summed E-state index contributed by atoms with van der Waals surface area (Å²) in [6.45, 7) is 5.31. The molecule has 0 radical (unpaired) electrons. The average molecular weight is 383 g/mol. The van der Waals surface area contributed by atoms with Crippen LogP contribution in [0.5, 0.6) is 11.5 Å². The molecule has 0 bridgehead atoms. The first kappa shape index (κ1) is 19.7. The second-order valence-corrected chi connectivity index (χ2v) is 7.08. The molecule has 148 valence electrons. The second kappa shape index (κ2) is 8.78. The van der Waals surface area contributed by atoms with Crippen molar-refractivity contribution < 1.29 is 23.8 Å². The molecule has 0 aromatic heterocycles. The number of likely N-dealkylation sites (N-methyl/N-ethyl adjacent to an activating group) is 1. The van der Waals surface area contributed by atoms with Crippen LogP contribution in [0.15, 0.2) is 42.5 Å². The summed E-state index contributed by atoms with van der Waals surface area (Å²) >= 11 is 0. The van der Waals surface area contributed by atoms with E-state index >= 15 is 0 Å². The van der Waals surface area contributed by atoms with Crippen LogP contribution in [-0.4, -0.2) is 43.6 Å². The number of carbonyl (C=O) groups excluding carboxylic acids is 2. The van der Waals surface area contributed by atoms with Crippen molar-refractivity contribution in [2.75, 3.05) is 26.9 Å². The normalized spacial score (nSPS) is 12.6. The lowest BCUT2D eigenvalue weighted by Crippen LogP contribution is -2.30. The van der Waals surface area contributed by atoms with Crippen LogP contribution in [-0.2, 0) is 16.1 Å². The molecule has 0 aliphatic carbocycles. The Bertz CT molecular complexity index is 845. The summed E-state index contributed by atoms with van der Waals surface area (Å²) in [5, 5.41) is 0. The van der Waals surface area contributed by atoms with E-state index in [0.717, 1.165) is 11.1 Å². The highest BCUT2D eigenvalue weighted by molar-refractivity contribution is 5.91. The summed E-state index contributed by atoms with van der Waals surface area (Å²) in [5.41, 5.74) is 2.49. The zero-order valence-electron chi connectivity index (χ0n) is 16.4. The second-order valence-electron chi connectivity index (χ2n) is 7.08. The minimum Gasteiger partial charge on any atom is -0.486 e. The number of amides is 1. The number of hydrogen-bond acceptors (Lipinski definition) is 5. The van der Waals surface area contributed by atoms with Crippen LogP contribution in [0.4, 0.5) is 0 Å². The molecule has 0 atom stereocenters. The SMILES string of the molecule is CC(C)c1ccc(C(=O)OCC(=O)N(C)Cc2ccc3c(c2)OCCO3)cc1. The summed E-state index contributed by atoms with van der Waals surface area (Å²) in [6.07, 6.45) is 0. The number of carbonyl (C=O) groups is 2. The van der Waals surface area contributed by atoms with E-state index in [4.69, 9.17) is 14.2 Å². The fraction of sp³-hybridized carbons (Fsp3) is 0.364. The Morgan fingerprint density at radius 2 is 1.71 bits per heavy atom. The molecular weight excluding hydrogens is 358 g/mol. The zero-order valence-corrected chi connectivity index (χ0v) is 16.4. The quantitative estimate of drug-likeness (QED) is 0.716. The molecule has 0 unspecified atom stereocenters. The molecule has 6 nitrogen and oxygen atoms in total. The Morgan fingerprint density at radius 3 is 2.39 bits per heavy atom. The highest BCUT2D eigenvalue weighted by Crippen LogP contribution is 2.31. The number of hydrogen-bond donors (Lipinski definition) is 0. The van der Waals surface area contributed by atoms with Crippen LogP contribution < -0.4 is 9.47 Å². The van der Waals surface area contributed by atoms with Gasteiger partial charge in [0.15, 0.2) is 18.1 Å². The largest absolute Gasteiger partial charge is 0.486 e. The van der Waals surface area contributed by atoms with Gasteiger partial charge < -0.3 is 19.1 Å². The molecular formula is C22H25NO5. The maximum atomic E-state index is 12.3. The van der Waals surface area contributed by atoms with Crippen LogP contribution in [0.1, 0.15) is 41.3 Å². The van der Waals surface area contributed by atoms with Crippen molar-refractivity contribution >= 4 is 11.9 Å². The molecule has 1 heterocycles. The van der Waals surface area contributed by atoms with Gasteiger partial charge in [0.1, 0.15) is 13.2 Å². The highest BCUT2D eigenvalue weighted by Gasteiger charge is 2.16. The summed E-state index contributed by atoms with van der Waals surface area (Å²) in [5.74, 6) is 1.00. The summed E-state index contributed by atoms with van der Waals surface area (Å²) in [4.78, 5) is 26.0. The van der Waals surface area contributed by atoms with Gasteiger partial charge in [0.2, 0.25) is 0 Å². The van der Waals surface area contributed by atoms with Gasteiger partial charge in [0, 0.05) is 13.6 Å². The smallest absolute Gasteiger partial charge is 0.338 e. The van der Waals surface area contributed by atoms with Crippen molar-refractivity contribution in [1.82, 2.24) is 4.90 Å². The number of fused-ring (bicyclic) bond motifs is 1. The van der Waals surface area contributed by atoms with Gasteiger partial charge in [-0.25, -0.2) is 4.79 Å². The fourth-order valence-corrected chi connectivity index (χ4v) is 2.87. The maximum Gasteiger partial charge on any atom is 0.338 e. The van der Waals surface area contributed by atoms with Gasteiger partial charge in [-0.05, 0) is 41.3 Å². The van der Waals surface area contributed by atoms with E-state index in [1.807, 2.05) is 30.3 Å². The monoisotopic (exact) mass is 383 g/mol. The first-order chi connectivity index (χ1) is 13.4. The molecule has 0 fully saturated rings. The maximum absolute atomic E-state index is 12.3. The van der Waals surface area contributed by atoms with Gasteiger partial charge in [-0.1, -0.05) is 32.0 Å². The van der Waals surface area contributed by atoms with E-state index in [0.29, 0.717) is 42.7 Å². The number of esters is 1. The highest BCUT2D eigenvalue weighted by atomic mass is 16.6. The number of nitrogens with zero attached hydrogens (tertiary/aromatic N) is 1. The van der Waals surface area contributed by atoms with E-state index in [1.54, 1.807) is 19.2 Å². The van der Waals surface area contributed by atoms with Crippen LogP contribution in [0.2, 0.25) is 0 Å². The molecule has 1 aliphatic heterocycles. The Kier molecular flexibility index (Phi) is 6.19. The lowest BCUT2D eigenvalue weighted by Gasteiger charge is -2.21. The molecule has 6 heteroatoms. The van der Waals surface area contributed by atoms with Crippen LogP contribution in [0, 0.1) is 0 Å². The third-order valence-corrected chi connectivity index (χ3v) is 4.59. The molecule has 0 N–H and O–H groups in total. The topological polar surface area (TPSA) is 65.1 Å². The molecule has 0 saturated carbocycles. The molecule has 3 rings (SSSR count). The van der Waals surface area contributed by atoms with Crippen molar-refractivity contribution in [1.29, 1.82) is 0 Å². The molecule has 1 aliphatic rings. The van der Waals surface area contributed by atoms with Crippen molar-refractivity contribution in [3.05, 3.63) is 59.2 Å². The van der Waals surface area contributed by atoms with Gasteiger partial charge in [0.25, 0.3) is 5.91 Å². The predicted octanol–water partition coefficient (Wildman–Crippen LogP) is 3.40. The number of ether oxygens (including phenoxy) is 3. The molecule has 1 amide bonds. The summed E-state index contributed by atoms with van der Waals surface area (Å²) < 4.78 is 16.2. The first-order valence-corrected chi connectivity index (χ1v) is 9.33. The standard InChI is InChI=1S/C22H25NO5/c1-15(2)17-5-7-18(8-6-17)22(25)28-14-21(24)23(3)13-16-4-9-19-20(12-16)27-11-10-26-19/h4-9,12,15H,10-11,13-14H2,1-3H3. The van der Waals surface area contributed by atoms with E-state index < -0.39 is 5.97 Å². The lowest BCUT2D eigenvalue weighted by atomic mass is 10.0. The molecule has 28 heavy (non-hydrogen) atoms. The Balaban J connectivity index is 1.52. The summed E-state index contributed by atoms with van der Waals surface area (Å²) in [6, 6.07) is 12.8. The molecule has 0 spiro atoms. The minimum absolute atomic E-state index is 0.276. The fourth-order valence-electron chi connectivity index (χ4n) is 2.87. The number of benzene rings is 2. The summed E-state index contributed by atoms with van der Waals surface area (Å²) in [7, 11) is 1.67. The van der Waals surface area contributed by atoms with E-state index in [9.17, 15) is 9.59 Å². The van der Waals surface area contributed by atoms with E-state index in [-0.39, 0.29) is 12.5 Å². The Labute approximate surface area is 165 Å². The van der Waals surface area contributed by atoms with E-state index in [2.05, 4.69) is 13.8 Å². The van der Waals surface area contributed by atoms with Gasteiger partial charge in [0.05, 0.1) is 5.56 Å². The van der Waals surface area contributed by atoms with Crippen LogP contribution in [0.3, 0.4) is 0 Å². The van der Waals surface area contributed by atoms with Crippen molar-refractivity contribution in [3.8, 4) is 11.5 Å². The Morgan fingerprint density at radius 1 is 1.04 bits per heavy atom. The average Bonchev–Trinajstić information content (AvgIpc) is 2.71. The van der Waals surface area contributed by atoms with E-state index in [1.165, 1.54) is 4.90 Å². The van der Waals surface area contributed by atoms with Crippen LogP contribution in [0.25, 0.3) is 0 Å². The van der Waals surface area contributed by atoms with Gasteiger partial charge >= 0.3 is 5.97 Å². The van der Waals surface area contributed by atoms with Crippen molar-refractivity contribution in [2.24, 2.45) is 0 Å². The Hall–Kier alpha value is -3.02. The van der Waals surface area contributed by atoms with Gasteiger partial charge in [-0.3, -0.25) is 4.79 Å². The van der Waals surface area contributed by atoms with Gasteiger partial charge in [-0.15, -0.1) is 0 Å². The first-order valence-electron chi connectivity index (χ1n) is 9.33. The third-order valence-electron chi connectivity index (χ3n) is 4.59.